The van der Waals surface area contributed by atoms with Gasteiger partial charge in [0.05, 0.1) is 18.4 Å². The molecular weight excluding hydrogens is 274 g/mol. The molecule has 2 aromatic heterocycles. The van der Waals surface area contributed by atoms with Crippen LogP contribution in [0.5, 0.6) is 0 Å². The molecule has 2 heterocycles. The molecule has 3 aromatic rings. The van der Waals surface area contributed by atoms with Gasteiger partial charge in [-0.15, -0.1) is 0 Å². The van der Waals surface area contributed by atoms with Crippen molar-refractivity contribution in [1.29, 1.82) is 0 Å². The van der Waals surface area contributed by atoms with E-state index in [1.807, 2.05) is 27.8 Å². The zero-order valence-electron chi connectivity index (χ0n) is 13.0. The second kappa shape index (κ2) is 6.58. The van der Waals surface area contributed by atoms with Gasteiger partial charge < -0.3 is 5.32 Å². The van der Waals surface area contributed by atoms with Gasteiger partial charge in [0, 0.05) is 31.2 Å². The fraction of sp³-hybridized carbons (Fsp3) is 0.294. The first-order chi connectivity index (χ1) is 10.7. The summed E-state index contributed by atoms with van der Waals surface area (Å²) in [7, 11) is 0. The highest BCUT2D eigenvalue weighted by molar-refractivity contribution is 5.33. The Morgan fingerprint density at radius 2 is 2.00 bits per heavy atom. The van der Waals surface area contributed by atoms with Crippen molar-refractivity contribution in [1.82, 2.24) is 24.9 Å². The second-order valence-corrected chi connectivity index (χ2v) is 5.64. The van der Waals surface area contributed by atoms with Crippen LogP contribution in [0.15, 0.2) is 55.1 Å². The molecule has 0 fully saturated rings. The Labute approximate surface area is 130 Å². The van der Waals surface area contributed by atoms with E-state index in [1.54, 1.807) is 6.20 Å². The van der Waals surface area contributed by atoms with E-state index in [0.29, 0.717) is 6.04 Å². The highest BCUT2D eigenvalue weighted by Crippen LogP contribution is 2.08. The van der Waals surface area contributed by atoms with Crippen LogP contribution in [-0.2, 0) is 13.1 Å². The maximum atomic E-state index is 4.32. The number of aryl methyl sites for hydroxylation is 1. The molecule has 0 saturated heterocycles. The third kappa shape index (κ3) is 3.62. The number of rotatable bonds is 6. The van der Waals surface area contributed by atoms with Gasteiger partial charge in [-0.1, -0.05) is 12.1 Å². The second-order valence-electron chi connectivity index (χ2n) is 5.64. The Balaban J connectivity index is 1.53. The van der Waals surface area contributed by atoms with E-state index in [4.69, 9.17) is 0 Å². The Bertz CT molecular complexity index is 697. The first kappa shape index (κ1) is 14.5. The molecule has 0 aliphatic rings. The smallest absolute Gasteiger partial charge is 0.0645 e. The molecule has 1 atom stereocenters. The lowest BCUT2D eigenvalue weighted by Gasteiger charge is -2.14. The summed E-state index contributed by atoms with van der Waals surface area (Å²) < 4.78 is 3.84. The van der Waals surface area contributed by atoms with Crippen molar-refractivity contribution < 1.29 is 0 Å². The molecule has 1 N–H and O–H groups in total. The lowest BCUT2D eigenvalue weighted by Crippen LogP contribution is -2.30. The van der Waals surface area contributed by atoms with Crippen LogP contribution < -0.4 is 5.32 Å². The van der Waals surface area contributed by atoms with E-state index >= 15 is 0 Å². The SMILES string of the molecule is Cc1cnn(C[C@H](C)NCc2ccc(-n3cccn3)cc2)c1. The van der Waals surface area contributed by atoms with Crippen LogP contribution in [0.25, 0.3) is 5.69 Å². The van der Waals surface area contributed by atoms with Crippen LogP contribution in [0.1, 0.15) is 18.1 Å². The predicted octanol–water partition coefficient (Wildman–Crippen LogP) is 2.56. The third-order valence-electron chi connectivity index (χ3n) is 3.58. The summed E-state index contributed by atoms with van der Waals surface area (Å²) >= 11 is 0. The minimum absolute atomic E-state index is 0.366. The van der Waals surface area contributed by atoms with Crippen molar-refractivity contribution in [3.05, 3.63) is 66.2 Å². The average Bonchev–Trinajstić information content (AvgIpc) is 3.18. The summed E-state index contributed by atoms with van der Waals surface area (Å²) in [4.78, 5) is 0. The van der Waals surface area contributed by atoms with Crippen molar-refractivity contribution in [2.45, 2.75) is 33.0 Å². The summed E-state index contributed by atoms with van der Waals surface area (Å²) in [5.74, 6) is 0. The fourth-order valence-electron chi connectivity index (χ4n) is 2.39. The van der Waals surface area contributed by atoms with Gasteiger partial charge in [0.2, 0.25) is 0 Å². The van der Waals surface area contributed by atoms with Crippen LogP contribution in [0.3, 0.4) is 0 Å². The van der Waals surface area contributed by atoms with Crippen molar-refractivity contribution in [2.75, 3.05) is 0 Å². The maximum Gasteiger partial charge on any atom is 0.0645 e. The molecule has 0 amide bonds. The molecule has 0 spiro atoms. The number of hydrogen-bond donors (Lipinski definition) is 1. The monoisotopic (exact) mass is 295 g/mol. The molecule has 22 heavy (non-hydrogen) atoms. The number of nitrogens with zero attached hydrogens (tertiary/aromatic N) is 4. The minimum atomic E-state index is 0.366. The molecule has 0 unspecified atom stereocenters. The third-order valence-corrected chi connectivity index (χ3v) is 3.58. The van der Waals surface area contributed by atoms with Crippen molar-refractivity contribution in [3.8, 4) is 5.69 Å². The van der Waals surface area contributed by atoms with Crippen LogP contribution in [0, 0.1) is 6.92 Å². The lowest BCUT2D eigenvalue weighted by molar-refractivity contribution is 0.450. The van der Waals surface area contributed by atoms with Gasteiger partial charge in [-0.25, -0.2) is 4.68 Å². The molecule has 1 aromatic carbocycles. The van der Waals surface area contributed by atoms with Crippen molar-refractivity contribution in [3.63, 3.8) is 0 Å². The highest BCUT2D eigenvalue weighted by Gasteiger charge is 2.04. The molecule has 3 rings (SSSR count). The van der Waals surface area contributed by atoms with Gasteiger partial charge in [0.25, 0.3) is 0 Å². The van der Waals surface area contributed by atoms with Gasteiger partial charge in [-0.05, 0) is 43.2 Å². The molecule has 5 nitrogen and oxygen atoms in total. The quantitative estimate of drug-likeness (QED) is 0.760. The van der Waals surface area contributed by atoms with Crippen LogP contribution in [0.2, 0.25) is 0 Å². The fourth-order valence-corrected chi connectivity index (χ4v) is 2.39. The van der Waals surface area contributed by atoms with Gasteiger partial charge >= 0.3 is 0 Å². The maximum absolute atomic E-state index is 4.32. The Hall–Kier alpha value is -2.40. The first-order valence-electron chi connectivity index (χ1n) is 7.52. The van der Waals surface area contributed by atoms with Gasteiger partial charge in [-0.3, -0.25) is 4.68 Å². The van der Waals surface area contributed by atoms with Gasteiger partial charge in [-0.2, -0.15) is 10.2 Å². The normalized spacial score (nSPS) is 12.5. The van der Waals surface area contributed by atoms with Crippen molar-refractivity contribution in [2.24, 2.45) is 0 Å². The summed E-state index contributed by atoms with van der Waals surface area (Å²) in [5.41, 5.74) is 3.54. The van der Waals surface area contributed by atoms with Crippen molar-refractivity contribution >= 4 is 0 Å². The standard InChI is InChI=1S/C17H21N5/c1-14-10-20-21(12-14)13-15(2)18-11-16-4-6-17(7-5-16)22-9-3-8-19-22/h3-10,12,15,18H,11,13H2,1-2H3/t15-/m0/s1. The predicted molar refractivity (Wildman–Crippen MR) is 86.8 cm³/mol. The van der Waals surface area contributed by atoms with Crippen LogP contribution >= 0.6 is 0 Å². The molecule has 114 valence electrons. The van der Waals surface area contributed by atoms with E-state index in [2.05, 4.69) is 59.8 Å². The van der Waals surface area contributed by atoms with E-state index < -0.39 is 0 Å². The molecule has 0 bridgehead atoms. The summed E-state index contributed by atoms with van der Waals surface area (Å²) in [6.07, 6.45) is 7.69. The summed E-state index contributed by atoms with van der Waals surface area (Å²) in [6, 6.07) is 10.7. The zero-order valence-corrected chi connectivity index (χ0v) is 13.0. The summed E-state index contributed by atoms with van der Waals surface area (Å²) in [6.45, 7) is 5.96. The molecular formula is C17H21N5. The van der Waals surface area contributed by atoms with Gasteiger partial charge in [0.15, 0.2) is 0 Å². The van der Waals surface area contributed by atoms with E-state index in [0.717, 1.165) is 18.8 Å². The molecule has 0 aliphatic heterocycles. The first-order valence-corrected chi connectivity index (χ1v) is 7.52. The van der Waals surface area contributed by atoms with Gasteiger partial charge in [0.1, 0.15) is 0 Å². The zero-order chi connectivity index (χ0) is 15.4. The minimum Gasteiger partial charge on any atom is -0.308 e. The Kier molecular flexibility index (Phi) is 4.34. The Morgan fingerprint density at radius 3 is 2.64 bits per heavy atom. The molecule has 0 radical (unpaired) electrons. The largest absolute Gasteiger partial charge is 0.308 e. The number of aromatic nitrogens is 4. The number of hydrogen-bond acceptors (Lipinski definition) is 3. The summed E-state index contributed by atoms with van der Waals surface area (Å²) in [5, 5.41) is 12.1. The average molecular weight is 295 g/mol. The molecule has 5 heteroatoms. The van der Waals surface area contributed by atoms with E-state index in [9.17, 15) is 0 Å². The Morgan fingerprint density at radius 1 is 1.18 bits per heavy atom. The van der Waals surface area contributed by atoms with E-state index in [1.165, 1.54) is 11.1 Å². The van der Waals surface area contributed by atoms with Crippen LogP contribution in [0.4, 0.5) is 0 Å². The van der Waals surface area contributed by atoms with E-state index in [-0.39, 0.29) is 0 Å². The number of benzene rings is 1. The topological polar surface area (TPSA) is 47.7 Å². The lowest BCUT2D eigenvalue weighted by atomic mass is 10.2. The highest BCUT2D eigenvalue weighted by atomic mass is 15.3. The number of nitrogens with one attached hydrogen (secondary N) is 1. The van der Waals surface area contributed by atoms with Crippen LogP contribution in [-0.4, -0.2) is 25.6 Å². The molecule has 0 aliphatic carbocycles. The molecule has 0 saturated carbocycles.